The van der Waals surface area contributed by atoms with Gasteiger partial charge in [0.2, 0.25) is 5.88 Å². The maximum atomic E-state index is 12.3. The molecule has 0 radical (unpaired) electrons. The largest absolute Gasteiger partial charge is 0.482 e. The lowest BCUT2D eigenvalue weighted by atomic mass is 9.83. The normalized spacial score (nSPS) is 14.4. The number of hydrogen-bond donors (Lipinski definition) is 1. The van der Waals surface area contributed by atoms with Crippen molar-refractivity contribution < 1.29 is 23.9 Å². The number of nitriles is 1. The van der Waals surface area contributed by atoms with E-state index in [1.54, 1.807) is 42.5 Å². The Hall–Kier alpha value is -4.55. The van der Waals surface area contributed by atoms with Crippen LogP contribution in [0.4, 0.5) is 5.69 Å². The van der Waals surface area contributed by atoms with Crippen LogP contribution in [0.15, 0.2) is 72.1 Å². The summed E-state index contributed by atoms with van der Waals surface area (Å²) in [6.45, 7) is 1.48. The number of rotatable bonds is 6. The summed E-state index contributed by atoms with van der Waals surface area (Å²) >= 11 is 5.93. The van der Waals surface area contributed by atoms with Crippen molar-refractivity contribution in [2.45, 2.75) is 12.8 Å². The van der Waals surface area contributed by atoms with Gasteiger partial charge in [0.25, 0.3) is 5.69 Å². The number of esters is 1. The van der Waals surface area contributed by atoms with E-state index < -0.39 is 16.8 Å². The molecule has 3 aromatic rings. The first-order valence-corrected chi connectivity index (χ1v) is 10.7. The van der Waals surface area contributed by atoms with Gasteiger partial charge in [-0.05, 0) is 42.3 Å². The number of nitrogens with zero attached hydrogens (tertiary/aromatic N) is 2. The molecule has 176 valence electrons. The molecule has 10 heteroatoms. The Morgan fingerprint density at radius 3 is 2.60 bits per heavy atom. The van der Waals surface area contributed by atoms with Gasteiger partial charge in [-0.1, -0.05) is 29.8 Å². The summed E-state index contributed by atoms with van der Waals surface area (Å²) in [5.74, 6) is -0.347. The molecular formula is C25H18ClN3O6. The minimum absolute atomic E-state index is 0.0743. The Balaban J connectivity index is 1.54. The van der Waals surface area contributed by atoms with Crippen LogP contribution in [0.3, 0.4) is 0 Å². The van der Waals surface area contributed by atoms with E-state index in [9.17, 15) is 20.2 Å². The molecular weight excluding hydrogens is 474 g/mol. The predicted molar refractivity (Wildman–Crippen MR) is 126 cm³/mol. The number of ether oxygens (including phenoxy) is 3. The third kappa shape index (κ3) is 5.03. The summed E-state index contributed by atoms with van der Waals surface area (Å²) in [7, 11) is 0. The lowest BCUT2D eigenvalue weighted by Gasteiger charge is -2.26. The van der Waals surface area contributed by atoms with Gasteiger partial charge in [-0.25, -0.2) is 4.79 Å². The highest BCUT2D eigenvalue weighted by molar-refractivity contribution is 6.30. The van der Waals surface area contributed by atoms with Crippen LogP contribution in [0.2, 0.25) is 5.02 Å². The molecule has 1 atom stereocenters. The summed E-state index contributed by atoms with van der Waals surface area (Å²) in [4.78, 5) is 22.8. The summed E-state index contributed by atoms with van der Waals surface area (Å²) in [5.41, 5.74) is 8.08. The van der Waals surface area contributed by atoms with E-state index in [0.29, 0.717) is 27.6 Å². The second kappa shape index (κ2) is 9.75. The number of non-ortho nitro benzene ring substituents is 1. The topological polar surface area (TPSA) is 138 Å². The van der Waals surface area contributed by atoms with Crippen molar-refractivity contribution in [3.8, 4) is 23.3 Å². The Morgan fingerprint density at radius 2 is 1.94 bits per heavy atom. The quantitative estimate of drug-likeness (QED) is 0.225. The fourth-order valence-corrected chi connectivity index (χ4v) is 3.93. The molecule has 0 saturated carbocycles. The van der Waals surface area contributed by atoms with Crippen molar-refractivity contribution >= 4 is 23.3 Å². The third-order valence-corrected chi connectivity index (χ3v) is 5.58. The van der Waals surface area contributed by atoms with Crippen LogP contribution in [0.25, 0.3) is 0 Å². The van der Waals surface area contributed by atoms with Crippen LogP contribution in [-0.4, -0.2) is 17.5 Å². The molecule has 1 heterocycles. The van der Waals surface area contributed by atoms with Gasteiger partial charge < -0.3 is 19.9 Å². The standard InChI is InChI=1S/C25H18ClN3O6/c1-14-10-16(26)4-9-21(14)33-13-23(30)34-18-7-8-19-22(11-18)35-25(28)20(12-27)24(19)15-2-5-17(6-3-15)29(31)32/h2-11,24H,13,28H2,1H3. The van der Waals surface area contributed by atoms with E-state index in [1.165, 1.54) is 18.2 Å². The fourth-order valence-electron chi connectivity index (χ4n) is 3.70. The molecule has 2 N–H and O–H groups in total. The minimum Gasteiger partial charge on any atom is -0.482 e. The van der Waals surface area contributed by atoms with E-state index in [-0.39, 0.29) is 29.5 Å². The zero-order valence-electron chi connectivity index (χ0n) is 18.4. The fraction of sp³-hybridized carbons (Fsp3) is 0.120. The number of nitrogens with two attached hydrogens (primary N) is 1. The second-order valence-electron chi connectivity index (χ2n) is 7.65. The summed E-state index contributed by atoms with van der Waals surface area (Å²) < 4.78 is 16.5. The summed E-state index contributed by atoms with van der Waals surface area (Å²) in [5, 5.41) is 21.2. The van der Waals surface area contributed by atoms with E-state index in [4.69, 9.17) is 31.5 Å². The number of benzene rings is 3. The van der Waals surface area contributed by atoms with Crippen molar-refractivity contribution in [2.75, 3.05) is 6.61 Å². The number of aryl methyl sites for hydroxylation is 1. The van der Waals surface area contributed by atoms with Gasteiger partial charge in [0, 0.05) is 28.8 Å². The van der Waals surface area contributed by atoms with Crippen LogP contribution >= 0.6 is 11.6 Å². The lowest BCUT2D eigenvalue weighted by Crippen LogP contribution is -2.21. The van der Waals surface area contributed by atoms with Crippen LogP contribution in [0, 0.1) is 28.4 Å². The molecule has 4 rings (SSSR count). The summed E-state index contributed by atoms with van der Waals surface area (Å²) in [6, 6.07) is 17.6. The van der Waals surface area contributed by atoms with Crippen molar-refractivity contribution in [3.05, 3.63) is 104 Å². The monoisotopic (exact) mass is 491 g/mol. The van der Waals surface area contributed by atoms with Crippen molar-refractivity contribution in [1.29, 1.82) is 5.26 Å². The highest BCUT2D eigenvalue weighted by Gasteiger charge is 2.31. The molecule has 9 nitrogen and oxygen atoms in total. The molecule has 0 bridgehead atoms. The lowest BCUT2D eigenvalue weighted by molar-refractivity contribution is -0.384. The van der Waals surface area contributed by atoms with Gasteiger partial charge in [-0.15, -0.1) is 0 Å². The van der Waals surface area contributed by atoms with Gasteiger partial charge in [-0.2, -0.15) is 5.26 Å². The van der Waals surface area contributed by atoms with Gasteiger partial charge in [0.05, 0.1) is 10.8 Å². The molecule has 1 unspecified atom stereocenters. The van der Waals surface area contributed by atoms with Crippen LogP contribution in [0.1, 0.15) is 22.6 Å². The van der Waals surface area contributed by atoms with E-state index in [2.05, 4.69) is 6.07 Å². The van der Waals surface area contributed by atoms with E-state index in [0.717, 1.165) is 5.56 Å². The second-order valence-corrected chi connectivity index (χ2v) is 8.08. The zero-order valence-corrected chi connectivity index (χ0v) is 19.1. The molecule has 0 fully saturated rings. The highest BCUT2D eigenvalue weighted by atomic mass is 35.5. The number of carbonyl (C=O) groups excluding carboxylic acids is 1. The summed E-state index contributed by atoms with van der Waals surface area (Å²) in [6.07, 6.45) is 0. The first-order chi connectivity index (χ1) is 16.8. The van der Waals surface area contributed by atoms with Crippen LogP contribution < -0.4 is 19.9 Å². The SMILES string of the molecule is Cc1cc(Cl)ccc1OCC(=O)Oc1ccc2c(c1)OC(N)=C(C#N)C2c1ccc([N+](=O)[O-])cc1. The molecule has 0 saturated heterocycles. The number of carbonyl (C=O) groups is 1. The molecule has 0 aliphatic carbocycles. The maximum absolute atomic E-state index is 12.3. The Labute approximate surface area is 205 Å². The Bertz CT molecular complexity index is 1400. The van der Waals surface area contributed by atoms with Crippen LogP contribution in [0.5, 0.6) is 17.2 Å². The molecule has 0 spiro atoms. The molecule has 0 aromatic heterocycles. The number of allylic oxidation sites excluding steroid dienone is 1. The number of halogens is 1. The average molecular weight is 492 g/mol. The number of fused-ring (bicyclic) bond motifs is 1. The number of hydrogen-bond acceptors (Lipinski definition) is 8. The number of nitro groups is 1. The van der Waals surface area contributed by atoms with Gasteiger partial charge >= 0.3 is 5.97 Å². The zero-order chi connectivity index (χ0) is 25.1. The van der Waals surface area contributed by atoms with Gasteiger partial charge in [-0.3, -0.25) is 10.1 Å². The molecule has 3 aromatic carbocycles. The first kappa shape index (κ1) is 23.6. The van der Waals surface area contributed by atoms with Gasteiger partial charge in [0.1, 0.15) is 28.9 Å². The predicted octanol–water partition coefficient (Wildman–Crippen LogP) is 4.76. The Kier molecular flexibility index (Phi) is 6.57. The molecule has 1 aliphatic rings. The van der Waals surface area contributed by atoms with Crippen molar-refractivity contribution in [2.24, 2.45) is 5.73 Å². The van der Waals surface area contributed by atoms with Gasteiger partial charge in [0.15, 0.2) is 6.61 Å². The number of nitro benzene ring substituents is 1. The molecule has 35 heavy (non-hydrogen) atoms. The smallest absolute Gasteiger partial charge is 0.349 e. The maximum Gasteiger partial charge on any atom is 0.349 e. The van der Waals surface area contributed by atoms with E-state index >= 15 is 0 Å². The first-order valence-electron chi connectivity index (χ1n) is 10.3. The average Bonchev–Trinajstić information content (AvgIpc) is 2.82. The minimum atomic E-state index is -0.636. The van der Waals surface area contributed by atoms with Crippen molar-refractivity contribution in [3.63, 3.8) is 0 Å². The third-order valence-electron chi connectivity index (χ3n) is 5.34. The highest BCUT2D eigenvalue weighted by Crippen LogP contribution is 2.43. The van der Waals surface area contributed by atoms with Crippen LogP contribution in [-0.2, 0) is 4.79 Å². The van der Waals surface area contributed by atoms with E-state index in [1.807, 2.05) is 6.92 Å². The molecule has 1 aliphatic heterocycles. The molecule has 0 amide bonds. The Morgan fingerprint density at radius 1 is 1.20 bits per heavy atom. The van der Waals surface area contributed by atoms with Crippen molar-refractivity contribution in [1.82, 2.24) is 0 Å².